The topological polar surface area (TPSA) is 78.9 Å². The quantitative estimate of drug-likeness (QED) is 0.830. The fraction of sp³-hybridized carbons (Fsp3) is 0.500. The fourth-order valence-corrected chi connectivity index (χ4v) is 2.71. The van der Waals surface area contributed by atoms with Crippen LogP contribution in [0.2, 0.25) is 0 Å². The highest BCUT2D eigenvalue weighted by Crippen LogP contribution is 2.40. The molecule has 0 aliphatic carbocycles. The fourth-order valence-electron chi connectivity index (χ4n) is 2.71. The summed E-state index contributed by atoms with van der Waals surface area (Å²) in [6, 6.07) is 6.87. The minimum absolute atomic E-state index is 0.177. The van der Waals surface area contributed by atoms with Gasteiger partial charge in [0.25, 0.3) is 5.91 Å². The lowest BCUT2D eigenvalue weighted by molar-refractivity contribution is -0.318. The Labute approximate surface area is 142 Å². The molecule has 0 aromatic heterocycles. The molecule has 0 unspecified atom stereocenters. The van der Waals surface area contributed by atoms with Crippen LogP contribution < -0.4 is 5.32 Å². The van der Waals surface area contributed by atoms with Crippen molar-refractivity contribution in [3.05, 3.63) is 35.9 Å². The van der Waals surface area contributed by atoms with Gasteiger partial charge in [0.2, 0.25) is 11.6 Å². The average molecular weight is 360 g/mol. The Morgan fingerprint density at radius 3 is 2.60 bits per heavy atom. The van der Waals surface area contributed by atoms with Crippen LogP contribution in [-0.2, 0) is 9.53 Å². The van der Waals surface area contributed by atoms with E-state index in [0.29, 0.717) is 4.90 Å². The second-order valence-electron chi connectivity index (χ2n) is 5.73. The van der Waals surface area contributed by atoms with Crippen molar-refractivity contribution in [2.75, 3.05) is 20.3 Å². The van der Waals surface area contributed by atoms with E-state index < -0.39 is 42.7 Å². The zero-order valence-corrected chi connectivity index (χ0v) is 13.5. The molecule has 0 saturated carbocycles. The van der Waals surface area contributed by atoms with Crippen LogP contribution in [0.1, 0.15) is 23.2 Å². The number of nitrogens with one attached hydrogen (secondary N) is 1. The lowest BCUT2D eigenvalue weighted by atomic mass is 9.93. The van der Waals surface area contributed by atoms with Crippen molar-refractivity contribution in [2.45, 2.75) is 30.8 Å². The molecule has 9 heteroatoms. The number of aliphatic hydroxyl groups is 1. The molecule has 0 bridgehead atoms. The maximum absolute atomic E-state index is 13.3. The Hall–Kier alpha value is -2.13. The number of likely N-dealkylation sites (tertiary alicyclic amines) is 1. The number of benzene rings is 1. The van der Waals surface area contributed by atoms with Crippen LogP contribution >= 0.6 is 0 Å². The molecule has 1 saturated heterocycles. The summed E-state index contributed by atoms with van der Waals surface area (Å²) >= 11 is 0. The van der Waals surface area contributed by atoms with E-state index in [9.17, 15) is 27.9 Å². The molecule has 0 radical (unpaired) electrons. The van der Waals surface area contributed by atoms with Gasteiger partial charge in [-0.3, -0.25) is 9.59 Å². The van der Waals surface area contributed by atoms with E-state index in [1.807, 2.05) is 0 Å². The average Bonchev–Trinajstić information content (AvgIpc) is 2.57. The number of carbonyl (C=O) groups is 2. The molecule has 1 aromatic rings. The Kier molecular flexibility index (Phi) is 5.69. The number of hydrogen-bond acceptors (Lipinski definition) is 4. The smallest absolute Gasteiger partial charge is 0.383 e. The summed E-state index contributed by atoms with van der Waals surface area (Å²) in [6.07, 6.45) is -6.06. The summed E-state index contributed by atoms with van der Waals surface area (Å²) in [5, 5.41) is 12.5. The first-order valence-electron chi connectivity index (χ1n) is 7.66. The van der Waals surface area contributed by atoms with Crippen molar-refractivity contribution in [1.82, 2.24) is 10.2 Å². The molecule has 1 aromatic carbocycles. The summed E-state index contributed by atoms with van der Waals surface area (Å²) in [6.45, 7) is -0.619. The van der Waals surface area contributed by atoms with Gasteiger partial charge in [-0.15, -0.1) is 0 Å². The van der Waals surface area contributed by atoms with Crippen LogP contribution in [0.5, 0.6) is 0 Å². The van der Waals surface area contributed by atoms with Gasteiger partial charge in [-0.1, -0.05) is 18.2 Å². The monoisotopic (exact) mass is 360 g/mol. The van der Waals surface area contributed by atoms with Crippen molar-refractivity contribution in [1.29, 1.82) is 0 Å². The predicted octanol–water partition coefficient (Wildman–Crippen LogP) is 1.30. The second kappa shape index (κ2) is 7.40. The first kappa shape index (κ1) is 19.2. The largest absolute Gasteiger partial charge is 0.436 e. The number of hydrogen-bond donors (Lipinski definition) is 2. The summed E-state index contributed by atoms with van der Waals surface area (Å²) in [7, 11) is 1.27. The van der Waals surface area contributed by atoms with Crippen LogP contribution in [0, 0.1) is 0 Å². The normalized spacial score (nSPS) is 24.3. The van der Waals surface area contributed by atoms with Crippen molar-refractivity contribution in [2.24, 2.45) is 0 Å². The number of carbonyl (C=O) groups excluding carboxylic acids is 2. The van der Waals surface area contributed by atoms with Gasteiger partial charge in [0, 0.05) is 25.6 Å². The van der Waals surface area contributed by atoms with Gasteiger partial charge in [0.15, 0.2) is 0 Å². The van der Waals surface area contributed by atoms with Crippen molar-refractivity contribution in [3.63, 3.8) is 0 Å². The summed E-state index contributed by atoms with van der Waals surface area (Å²) < 4.78 is 44.5. The van der Waals surface area contributed by atoms with Gasteiger partial charge in [-0.05, 0) is 18.6 Å². The Morgan fingerprint density at radius 2 is 2.04 bits per heavy atom. The standard InChI is InChI=1S/C16H19F3N2O4/c1-25-10-9-21-14(23)12(7-8-15(21,24)16(17,18)19)20-13(22)11-5-3-2-4-6-11/h2-6,12,24H,7-10H2,1H3,(H,20,22)/t12-,15+/m1/s1. The van der Waals surface area contributed by atoms with Crippen LogP contribution in [0.25, 0.3) is 0 Å². The lowest BCUT2D eigenvalue weighted by Crippen LogP contribution is -2.68. The first-order valence-corrected chi connectivity index (χ1v) is 7.66. The highest BCUT2D eigenvalue weighted by molar-refractivity contribution is 5.97. The molecule has 1 heterocycles. The molecular formula is C16H19F3N2O4. The number of amides is 2. The number of ether oxygens (including phenoxy) is 1. The second-order valence-corrected chi connectivity index (χ2v) is 5.73. The number of nitrogens with zero attached hydrogens (tertiary/aromatic N) is 1. The summed E-state index contributed by atoms with van der Waals surface area (Å²) in [4.78, 5) is 24.9. The summed E-state index contributed by atoms with van der Waals surface area (Å²) in [5.74, 6) is -1.56. The third-order valence-electron chi connectivity index (χ3n) is 4.11. The van der Waals surface area contributed by atoms with Gasteiger partial charge in [-0.25, -0.2) is 0 Å². The zero-order valence-electron chi connectivity index (χ0n) is 13.5. The van der Waals surface area contributed by atoms with Crippen LogP contribution in [0.15, 0.2) is 30.3 Å². The Morgan fingerprint density at radius 1 is 1.40 bits per heavy atom. The van der Waals surface area contributed by atoms with Crippen LogP contribution in [-0.4, -0.2) is 60.0 Å². The molecule has 0 spiro atoms. The van der Waals surface area contributed by atoms with E-state index in [1.54, 1.807) is 18.2 Å². The van der Waals surface area contributed by atoms with Gasteiger partial charge >= 0.3 is 6.18 Å². The minimum Gasteiger partial charge on any atom is -0.383 e. The molecule has 2 N–H and O–H groups in total. The first-order chi connectivity index (χ1) is 11.7. The van der Waals surface area contributed by atoms with Gasteiger partial charge in [0.1, 0.15) is 6.04 Å². The zero-order chi connectivity index (χ0) is 18.7. The maximum atomic E-state index is 13.3. The van der Waals surface area contributed by atoms with Crippen molar-refractivity contribution >= 4 is 11.8 Å². The van der Waals surface area contributed by atoms with Crippen LogP contribution in [0.4, 0.5) is 13.2 Å². The number of methoxy groups -OCH3 is 1. The molecule has 1 aliphatic rings. The maximum Gasteiger partial charge on any atom is 0.436 e. The molecule has 1 aliphatic heterocycles. The molecule has 2 rings (SSSR count). The van der Waals surface area contributed by atoms with Gasteiger partial charge < -0.3 is 20.1 Å². The van der Waals surface area contributed by atoms with Crippen molar-refractivity contribution in [3.8, 4) is 0 Å². The van der Waals surface area contributed by atoms with E-state index in [1.165, 1.54) is 19.2 Å². The molecular weight excluding hydrogens is 341 g/mol. The summed E-state index contributed by atoms with van der Waals surface area (Å²) in [5.41, 5.74) is -2.98. The predicted molar refractivity (Wildman–Crippen MR) is 81.5 cm³/mol. The Bertz CT molecular complexity index is 624. The molecule has 6 nitrogen and oxygen atoms in total. The third-order valence-corrected chi connectivity index (χ3v) is 4.11. The highest BCUT2D eigenvalue weighted by atomic mass is 19.4. The SMILES string of the molecule is COCCN1C(=O)[C@H](NC(=O)c2ccccc2)CC[C@]1(O)C(F)(F)F. The van der Waals surface area contributed by atoms with Gasteiger partial charge in [-0.2, -0.15) is 13.2 Å². The molecule has 2 amide bonds. The van der Waals surface area contributed by atoms with E-state index in [-0.39, 0.29) is 18.6 Å². The van der Waals surface area contributed by atoms with E-state index in [2.05, 4.69) is 5.32 Å². The van der Waals surface area contributed by atoms with Crippen molar-refractivity contribution < 1.29 is 32.6 Å². The third kappa shape index (κ3) is 3.93. The van der Waals surface area contributed by atoms with E-state index in [4.69, 9.17) is 4.74 Å². The number of piperidine rings is 1. The van der Waals surface area contributed by atoms with E-state index >= 15 is 0 Å². The van der Waals surface area contributed by atoms with E-state index in [0.717, 1.165) is 0 Å². The lowest BCUT2D eigenvalue weighted by Gasteiger charge is -2.46. The molecule has 138 valence electrons. The van der Waals surface area contributed by atoms with Gasteiger partial charge in [0.05, 0.1) is 6.61 Å². The highest BCUT2D eigenvalue weighted by Gasteiger charge is 2.61. The number of halogens is 3. The van der Waals surface area contributed by atoms with Crippen LogP contribution in [0.3, 0.4) is 0 Å². The molecule has 25 heavy (non-hydrogen) atoms. The number of rotatable bonds is 5. The Balaban J connectivity index is 2.18. The minimum atomic E-state index is -5.01. The molecule has 1 fully saturated rings. The molecule has 2 atom stereocenters. The number of alkyl halides is 3.